The molecule has 0 spiro atoms. The van der Waals surface area contributed by atoms with Gasteiger partial charge in [-0.1, -0.05) is 34.1 Å². The summed E-state index contributed by atoms with van der Waals surface area (Å²) in [6.07, 6.45) is 0.438. The van der Waals surface area contributed by atoms with Crippen LogP contribution in [0.3, 0.4) is 0 Å². The van der Waals surface area contributed by atoms with E-state index in [2.05, 4.69) is 27.0 Å². The van der Waals surface area contributed by atoms with Crippen molar-refractivity contribution in [3.8, 4) is 16.6 Å². The molecule has 0 bridgehead atoms. The second-order valence-corrected chi connectivity index (χ2v) is 5.28. The zero-order valence-electron chi connectivity index (χ0n) is 8.70. The van der Waals surface area contributed by atoms with Crippen molar-refractivity contribution in [2.45, 2.75) is 13.3 Å². The molecule has 0 radical (unpaired) electrons. The average molecular weight is 293 g/mol. The minimum Gasteiger partial charge on any atom is -0.241 e. The van der Waals surface area contributed by atoms with Crippen LogP contribution in [0.25, 0.3) is 10.6 Å². The summed E-state index contributed by atoms with van der Waals surface area (Å²) in [7, 11) is 0. The average Bonchev–Trinajstić information content (AvgIpc) is 2.61. The Labute approximate surface area is 107 Å². The van der Waals surface area contributed by atoms with E-state index in [0.717, 1.165) is 25.6 Å². The molecular weight excluding hydrogens is 284 g/mol. The lowest BCUT2D eigenvalue weighted by molar-refractivity contribution is 1.18. The van der Waals surface area contributed by atoms with Crippen molar-refractivity contribution in [3.05, 3.63) is 39.3 Å². The molecule has 4 heteroatoms. The molecule has 0 saturated heterocycles. The van der Waals surface area contributed by atoms with Gasteiger partial charge < -0.3 is 0 Å². The number of benzene rings is 1. The molecule has 1 aromatic carbocycles. The number of aryl methyl sites for hydroxylation is 1. The zero-order valence-corrected chi connectivity index (χ0v) is 11.1. The fraction of sp³-hybridized carbons (Fsp3) is 0.167. The highest BCUT2D eigenvalue weighted by Crippen LogP contribution is 2.32. The van der Waals surface area contributed by atoms with Crippen molar-refractivity contribution in [1.29, 1.82) is 5.26 Å². The van der Waals surface area contributed by atoms with E-state index in [4.69, 9.17) is 5.26 Å². The molecule has 2 aromatic rings. The molecule has 0 aliphatic rings. The van der Waals surface area contributed by atoms with Gasteiger partial charge in [0.05, 0.1) is 18.2 Å². The van der Waals surface area contributed by atoms with E-state index in [9.17, 15) is 0 Å². The lowest BCUT2D eigenvalue weighted by Gasteiger charge is -1.98. The number of thiazole rings is 1. The molecule has 0 saturated carbocycles. The van der Waals surface area contributed by atoms with Crippen molar-refractivity contribution in [2.75, 3.05) is 0 Å². The van der Waals surface area contributed by atoms with Crippen LogP contribution < -0.4 is 0 Å². The van der Waals surface area contributed by atoms with E-state index >= 15 is 0 Å². The SMILES string of the molecule is Cc1nc(-c2ccccc2Br)sc1CC#N. The van der Waals surface area contributed by atoms with Crippen LogP contribution in [0.4, 0.5) is 0 Å². The van der Waals surface area contributed by atoms with Crippen LogP contribution in [0.5, 0.6) is 0 Å². The van der Waals surface area contributed by atoms with Crippen LogP contribution in [0, 0.1) is 18.3 Å². The first-order valence-corrected chi connectivity index (χ1v) is 6.41. The molecule has 16 heavy (non-hydrogen) atoms. The summed E-state index contributed by atoms with van der Waals surface area (Å²) in [6, 6.07) is 10.1. The summed E-state index contributed by atoms with van der Waals surface area (Å²) in [5.74, 6) is 0. The molecular formula is C12H9BrN2S. The van der Waals surface area contributed by atoms with Crippen LogP contribution in [-0.4, -0.2) is 4.98 Å². The van der Waals surface area contributed by atoms with Gasteiger partial charge in [0.2, 0.25) is 0 Å². The van der Waals surface area contributed by atoms with Crippen molar-refractivity contribution >= 4 is 27.3 Å². The highest BCUT2D eigenvalue weighted by molar-refractivity contribution is 9.10. The third-order valence-corrected chi connectivity index (χ3v) is 4.12. The van der Waals surface area contributed by atoms with Gasteiger partial charge in [0, 0.05) is 14.9 Å². The van der Waals surface area contributed by atoms with Gasteiger partial charge in [-0.05, 0) is 13.0 Å². The third kappa shape index (κ3) is 2.16. The summed E-state index contributed by atoms with van der Waals surface area (Å²) in [4.78, 5) is 5.55. The van der Waals surface area contributed by atoms with E-state index in [-0.39, 0.29) is 0 Å². The maximum atomic E-state index is 8.70. The van der Waals surface area contributed by atoms with Crippen LogP contribution in [0.1, 0.15) is 10.6 Å². The lowest BCUT2D eigenvalue weighted by atomic mass is 10.2. The van der Waals surface area contributed by atoms with E-state index in [1.54, 1.807) is 11.3 Å². The lowest BCUT2D eigenvalue weighted by Crippen LogP contribution is -1.80. The normalized spacial score (nSPS) is 10.1. The molecule has 80 valence electrons. The molecule has 0 unspecified atom stereocenters. The standard InChI is InChI=1S/C12H9BrN2S/c1-8-11(6-7-14)16-12(15-8)9-4-2-3-5-10(9)13/h2-5H,6H2,1H3. The zero-order chi connectivity index (χ0) is 11.5. The van der Waals surface area contributed by atoms with Crippen LogP contribution in [-0.2, 0) is 6.42 Å². The Morgan fingerprint density at radius 3 is 2.88 bits per heavy atom. The molecule has 1 aromatic heterocycles. The fourth-order valence-corrected chi connectivity index (χ4v) is 3.05. The predicted octanol–water partition coefficient (Wildman–Crippen LogP) is 3.95. The van der Waals surface area contributed by atoms with Gasteiger partial charge >= 0.3 is 0 Å². The Morgan fingerprint density at radius 1 is 1.44 bits per heavy atom. The first-order valence-electron chi connectivity index (χ1n) is 4.80. The molecule has 2 rings (SSSR count). The Hall–Kier alpha value is -1.18. The molecule has 0 N–H and O–H groups in total. The van der Waals surface area contributed by atoms with Crippen molar-refractivity contribution in [3.63, 3.8) is 0 Å². The van der Waals surface area contributed by atoms with Crippen molar-refractivity contribution in [2.24, 2.45) is 0 Å². The number of nitrogens with zero attached hydrogens (tertiary/aromatic N) is 2. The number of halogens is 1. The Bertz CT molecular complexity index is 554. The number of nitriles is 1. The Kier molecular flexibility index (Phi) is 3.37. The Morgan fingerprint density at radius 2 is 2.19 bits per heavy atom. The molecule has 1 heterocycles. The molecule has 2 nitrogen and oxygen atoms in total. The summed E-state index contributed by atoms with van der Waals surface area (Å²) in [6.45, 7) is 1.95. The smallest absolute Gasteiger partial charge is 0.125 e. The van der Waals surface area contributed by atoms with E-state index < -0.39 is 0 Å². The number of hydrogen-bond acceptors (Lipinski definition) is 3. The van der Waals surface area contributed by atoms with E-state index in [1.165, 1.54) is 0 Å². The third-order valence-electron chi connectivity index (χ3n) is 2.24. The summed E-state index contributed by atoms with van der Waals surface area (Å²) < 4.78 is 1.03. The number of rotatable bonds is 2. The van der Waals surface area contributed by atoms with E-state index in [1.807, 2.05) is 31.2 Å². The second kappa shape index (κ2) is 4.77. The van der Waals surface area contributed by atoms with Gasteiger partial charge in [-0.2, -0.15) is 5.26 Å². The molecule has 0 aliphatic carbocycles. The minimum atomic E-state index is 0.438. The first-order chi connectivity index (χ1) is 7.72. The van der Waals surface area contributed by atoms with Crippen LogP contribution in [0.2, 0.25) is 0 Å². The quantitative estimate of drug-likeness (QED) is 0.840. The van der Waals surface area contributed by atoms with Gasteiger partial charge in [0.25, 0.3) is 0 Å². The largest absolute Gasteiger partial charge is 0.241 e. The molecule has 0 amide bonds. The summed E-state index contributed by atoms with van der Waals surface area (Å²) in [5.41, 5.74) is 2.04. The second-order valence-electron chi connectivity index (χ2n) is 3.34. The van der Waals surface area contributed by atoms with Gasteiger partial charge in [-0.15, -0.1) is 11.3 Å². The molecule has 0 aliphatic heterocycles. The maximum absolute atomic E-state index is 8.70. The molecule has 0 fully saturated rings. The van der Waals surface area contributed by atoms with Gasteiger partial charge in [0.15, 0.2) is 0 Å². The van der Waals surface area contributed by atoms with Gasteiger partial charge in [-0.25, -0.2) is 4.98 Å². The van der Waals surface area contributed by atoms with Crippen LogP contribution in [0.15, 0.2) is 28.7 Å². The number of aromatic nitrogens is 1. The van der Waals surface area contributed by atoms with Crippen molar-refractivity contribution in [1.82, 2.24) is 4.98 Å². The fourth-order valence-electron chi connectivity index (χ4n) is 1.41. The minimum absolute atomic E-state index is 0.438. The predicted molar refractivity (Wildman–Crippen MR) is 69.3 cm³/mol. The van der Waals surface area contributed by atoms with Gasteiger partial charge in [0.1, 0.15) is 5.01 Å². The van der Waals surface area contributed by atoms with Crippen LogP contribution >= 0.6 is 27.3 Å². The topological polar surface area (TPSA) is 36.7 Å². The van der Waals surface area contributed by atoms with E-state index in [0.29, 0.717) is 6.42 Å². The maximum Gasteiger partial charge on any atom is 0.125 e. The van der Waals surface area contributed by atoms with Gasteiger partial charge in [-0.3, -0.25) is 0 Å². The summed E-state index contributed by atoms with van der Waals surface area (Å²) >= 11 is 5.10. The first kappa shape index (κ1) is 11.3. The number of hydrogen-bond donors (Lipinski definition) is 0. The molecule has 0 atom stereocenters. The van der Waals surface area contributed by atoms with Crippen molar-refractivity contribution < 1.29 is 0 Å². The monoisotopic (exact) mass is 292 g/mol. The Balaban J connectivity index is 2.46. The highest BCUT2D eigenvalue weighted by atomic mass is 79.9. The highest BCUT2D eigenvalue weighted by Gasteiger charge is 2.10. The summed E-state index contributed by atoms with van der Waals surface area (Å²) in [5, 5.41) is 9.67.